The predicted molar refractivity (Wildman–Crippen MR) is 132 cm³/mol. The second-order valence-electron chi connectivity index (χ2n) is 9.11. The molecule has 1 N–H and O–H groups in total. The van der Waals surface area contributed by atoms with Crippen molar-refractivity contribution < 1.29 is 4.79 Å². The van der Waals surface area contributed by atoms with E-state index in [1.54, 1.807) is 11.8 Å². The molecule has 2 fully saturated rings. The van der Waals surface area contributed by atoms with Crippen LogP contribution in [0.1, 0.15) is 61.7 Å². The normalized spacial score (nSPS) is 20.6. The van der Waals surface area contributed by atoms with Gasteiger partial charge in [0.05, 0.1) is 5.56 Å². The van der Waals surface area contributed by atoms with Crippen LogP contribution in [0.25, 0.3) is 0 Å². The molecule has 3 aliphatic rings. The monoisotopic (exact) mass is 458 g/mol. The van der Waals surface area contributed by atoms with Crippen LogP contribution < -0.4 is 5.32 Å². The quantitative estimate of drug-likeness (QED) is 0.398. The number of rotatable bonds is 5. The molecule has 7 heteroatoms. The van der Waals surface area contributed by atoms with Crippen LogP contribution in [0.15, 0.2) is 35.0 Å². The maximum atomic E-state index is 13.0. The highest BCUT2D eigenvalue weighted by atomic mass is 32.2. The molecule has 0 aromatic carbocycles. The molecule has 0 bridgehead atoms. The minimum atomic E-state index is 0.122. The minimum Gasteiger partial charge on any atom is -0.362 e. The van der Waals surface area contributed by atoms with Gasteiger partial charge in [0.1, 0.15) is 5.03 Å². The highest BCUT2D eigenvalue weighted by Crippen LogP contribution is 2.40. The van der Waals surface area contributed by atoms with Crippen LogP contribution >= 0.6 is 24.0 Å². The van der Waals surface area contributed by atoms with Gasteiger partial charge in [-0.1, -0.05) is 11.6 Å². The standard InChI is InChI=1S/C24H34N4OS2/c1-31-21-20(8-5-13-25-21)22(29)27-15-10-24(11-16-27)12-17-28(18-24)23(30)26-14-9-19-6-3-2-4-7-19/h5-6,8,13H,2-4,7,9-12,14-18H2,1H3,(H,26,30). The lowest BCUT2D eigenvalue weighted by atomic mass is 9.77. The van der Waals surface area contributed by atoms with Crippen molar-refractivity contribution in [3.05, 3.63) is 35.5 Å². The lowest BCUT2D eigenvalue weighted by Gasteiger charge is -2.39. The first-order valence-corrected chi connectivity index (χ1v) is 13.2. The van der Waals surface area contributed by atoms with Gasteiger partial charge >= 0.3 is 0 Å². The summed E-state index contributed by atoms with van der Waals surface area (Å²) in [5.74, 6) is 0.122. The number of piperidine rings is 1. The lowest BCUT2D eigenvalue weighted by Crippen LogP contribution is -2.46. The molecule has 0 radical (unpaired) electrons. The van der Waals surface area contributed by atoms with Crippen molar-refractivity contribution >= 4 is 35.0 Å². The number of thiocarbonyl (C=S) groups is 1. The molecule has 2 saturated heterocycles. The van der Waals surface area contributed by atoms with Crippen molar-refractivity contribution in [3.63, 3.8) is 0 Å². The molecule has 1 aromatic rings. The van der Waals surface area contributed by atoms with E-state index in [-0.39, 0.29) is 5.91 Å². The van der Waals surface area contributed by atoms with Crippen LogP contribution in [0.3, 0.4) is 0 Å². The van der Waals surface area contributed by atoms with Crippen LogP contribution in [0, 0.1) is 5.41 Å². The molecule has 4 rings (SSSR count). The largest absolute Gasteiger partial charge is 0.362 e. The summed E-state index contributed by atoms with van der Waals surface area (Å²) in [5.41, 5.74) is 2.62. The number of nitrogens with zero attached hydrogens (tertiary/aromatic N) is 3. The third-order valence-electron chi connectivity index (χ3n) is 7.14. The highest BCUT2D eigenvalue weighted by molar-refractivity contribution is 7.98. The molecule has 0 saturated carbocycles. The van der Waals surface area contributed by atoms with E-state index in [1.807, 2.05) is 23.3 Å². The van der Waals surface area contributed by atoms with Gasteiger partial charge in [-0.15, -0.1) is 11.8 Å². The maximum Gasteiger partial charge on any atom is 0.256 e. The Balaban J connectivity index is 1.25. The van der Waals surface area contributed by atoms with E-state index in [4.69, 9.17) is 12.2 Å². The van der Waals surface area contributed by atoms with Gasteiger partial charge < -0.3 is 15.1 Å². The molecule has 1 amide bonds. The Hall–Kier alpha value is -1.60. The summed E-state index contributed by atoms with van der Waals surface area (Å²) < 4.78 is 0. The van der Waals surface area contributed by atoms with E-state index in [0.29, 0.717) is 5.41 Å². The van der Waals surface area contributed by atoms with Crippen LogP contribution in [-0.2, 0) is 0 Å². The third kappa shape index (κ3) is 5.43. The fourth-order valence-corrected chi connectivity index (χ4v) is 5.96. The minimum absolute atomic E-state index is 0.122. The second-order valence-corrected chi connectivity index (χ2v) is 10.3. The zero-order chi connectivity index (χ0) is 21.7. The summed E-state index contributed by atoms with van der Waals surface area (Å²) in [6.45, 7) is 4.64. The van der Waals surface area contributed by atoms with Crippen molar-refractivity contribution in [1.29, 1.82) is 0 Å². The van der Waals surface area contributed by atoms with Crippen molar-refractivity contribution in [1.82, 2.24) is 20.1 Å². The van der Waals surface area contributed by atoms with Gasteiger partial charge in [-0.2, -0.15) is 0 Å². The molecular weight excluding hydrogens is 424 g/mol. The van der Waals surface area contributed by atoms with Crippen LogP contribution in [0.5, 0.6) is 0 Å². The number of carbonyl (C=O) groups is 1. The lowest BCUT2D eigenvalue weighted by molar-refractivity contribution is 0.0594. The van der Waals surface area contributed by atoms with Crippen LogP contribution in [0.4, 0.5) is 0 Å². The SMILES string of the molecule is CSc1ncccc1C(=O)N1CCC2(CC1)CCN(C(=S)NCCC1=CCCCC1)C2. The summed E-state index contributed by atoms with van der Waals surface area (Å²) in [4.78, 5) is 21.8. The van der Waals surface area contributed by atoms with Gasteiger partial charge in [0, 0.05) is 38.9 Å². The van der Waals surface area contributed by atoms with Gasteiger partial charge in [-0.3, -0.25) is 4.79 Å². The number of thioether (sulfide) groups is 1. The Morgan fingerprint density at radius 2 is 2.00 bits per heavy atom. The Morgan fingerprint density at radius 1 is 1.23 bits per heavy atom. The first kappa shape index (κ1) is 22.6. The van der Waals surface area contributed by atoms with E-state index in [2.05, 4.69) is 21.3 Å². The van der Waals surface area contributed by atoms with E-state index in [1.165, 1.54) is 43.9 Å². The smallest absolute Gasteiger partial charge is 0.256 e. The molecule has 1 aromatic heterocycles. The number of nitrogens with one attached hydrogen (secondary N) is 1. The Bertz CT molecular complexity index is 833. The number of allylic oxidation sites excluding steroid dienone is 1. The Morgan fingerprint density at radius 3 is 2.71 bits per heavy atom. The van der Waals surface area contributed by atoms with Crippen molar-refractivity contribution in [2.75, 3.05) is 39.0 Å². The highest BCUT2D eigenvalue weighted by Gasteiger charge is 2.42. The van der Waals surface area contributed by atoms with Gasteiger partial charge in [0.25, 0.3) is 5.91 Å². The number of carbonyl (C=O) groups excluding carboxylic acids is 1. The molecule has 3 heterocycles. The summed E-state index contributed by atoms with van der Waals surface area (Å²) in [5, 5.41) is 5.23. The molecular formula is C24H34N4OS2. The Labute approximate surface area is 196 Å². The zero-order valence-corrected chi connectivity index (χ0v) is 20.2. The number of pyridine rings is 1. The maximum absolute atomic E-state index is 13.0. The van der Waals surface area contributed by atoms with Gasteiger partial charge in [0.15, 0.2) is 5.11 Å². The molecule has 2 aliphatic heterocycles. The van der Waals surface area contributed by atoms with Crippen molar-refractivity contribution in [3.8, 4) is 0 Å². The van der Waals surface area contributed by atoms with Crippen molar-refractivity contribution in [2.45, 2.75) is 56.4 Å². The second kappa shape index (κ2) is 10.3. The number of hydrogen-bond donors (Lipinski definition) is 1. The molecule has 0 unspecified atom stereocenters. The van der Waals surface area contributed by atoms with E-state index in [9.17, 15) is 4.79 Å². The number of hydrogen-bond acceptors (Lipinski definition) is 4. The average molecular weight is 459 g/mol. The van der Waals surface area contributed by atoms with E-state index < -0.39 is 0 Å². The van der Waals surface area contributed by atoms with Crippen molar-refractivity contribution in [2.24, 2.45) is 5.41 Å². The summed E-state index contributed by atoms with van der Waals surface area (Å²) in [7, 11) is 0. The fraction of sp³-hybridized carbons (Fsp3) is 0.625. The summed E-state index contributed by atoms with van der Waals surface area (Å²) in [6, 6.07) is 3.75. The van der Waals surface area contributed by atoms with Crippen LogP contribution in [0.2, 0.25) is 0 Å². The molecule has 5 nitrogen and oxygen atoms in total. The first-order chi connectivity index (χ1) is 15.1. The first-order valence-electron chi connectivity index (χ1n) is 11.6. The molecule has 1 aliphatic carbocycles. The van der Waals surface area contributed by atoms with Gasteiger partial charge in [0.2, 0.25) is 0 Å². The Kier molecular flexibility index (Phi) is 7.54. The fourth-order valence-electron chi connectivity index (χ4n) is 5.16. The van der Waals surface area contributed by atoms with Crippen LogP contribution in [-0.4, -0.2) is 64.8 Å². The van der Waals surface area contributed by atoms with Gasteiger partial charge in [-0.25, -0.2) is 4.98 Å². The number of aromatic nitrogens is 1. The third-order valence-corrected chi connectivity index (χ3v) is 8.25. The topological polar surface area (TPSA) is 48.5 Å². The molecule has 168 valence electrons. The summed E-state index contributed by atoms with van der Waals surface area (Å²) >= 11 is 7.25. The average Bonchev–Trinajstić information content (AvgIpc) is 3.23. The van der Waals surface area contributed by atoms with E-state index >= 15 is 0 Å². The number of amides is 1. The van der Waals surface area contributed by atoms with E-state index in [0.717, 1.165) is 67.7 Å². The van der Waals surface area contributed by atoms with Gasteiger partial charge in [-0.05, 0) is 87.4 Å². The zero-order valence-electron chi connectivity index (χ0n) is 18.6. The summed E-state index contributed by atoms with van der Waals surface area (Å²) in [6.07, 6.45) is 15.7. The molecule has 0 atom stereocenters. The predicted octanol–water partition coefficient (Wildman–Crippen LogP) is 4.50. The number of likely N-dealkylation sites (tertiary alicyclic amines) is 2. The molecule has 1 spiro atoms. The molecule has 31 heavy (non-hydrogen) atoms.